The molecule has 1 nitrogen and oxygen atoms in total. The van der Waals surface area contributed by atoms with E-state index in [-0.39, 0.29) is 0 Å². The summed E-state index contributed by atoms with van der Waals surface area (Å²) in [5.74, 6) is 0. The van der Waals surface area contributed by atoms with Crippen molar-refractivity contribution in [1.82, 2.24) is 0 Å². The fourth-order valence-corrected chi connectivity index (χ4v) is 1.35. The van der Waals surface area contributed by atoms with Crippen LogP contribution in [0.4, 0.5) is 5.69 Å². The number of para-hydroxylation sites is 1. The highest BCUT2D eigenvalue weighted by atomic mass is 28.1. The zero-order valence-corrected chi connectivity index (χ0v) is 7.31. The molecule has 1 N–H and O–H groups in total. The Morgan fingerprint density at radius 1 is 1.20 bits per heavy atom. The topological polar surface area (TPSA) is 4.44 Å². The van der Waals surface area contributed by atoms with Crippen LogP contribution in [0.3, 0.4) is 0 Å². The van der Waals surface area contributed by atoms with Crippen LogP contribution < -0.4 is 10.1 Å². The summed E-state index contributed by atoms with van der Waals surface area (Å²) in [6, 6.07) is 8.23. The van der Waals surface area contributed by atoms with Crippen molar-refractivity contribution in [2.75, 3.05) is 14.1 Å². The molecule has 0 unspecified atom stereocenters. The van der Waals surface area contributed by atoms with Gasteiger partial charge in [-0.3, -0.25) is 0 Å². The van der Waals surface area contributed by atoms with Crippen molar-refractivity contribution in [2.45, 2.75) is 0 Å². The quantitative estimate of drug-likeness (QED) is 0.502. The van der Waals surface area contributed by atoms with Crippen molar-refractivity contribution in [3.05, 3.63) is 24.3 Å². The van der Waals surface area contributed by atoms with E-state index in [1.54, 1.807) is 0 Å². The van der Waals surface area contributed by atoms with Crippen molar-refractivity contribution in [1.29, 1.82) is 0 Å². The van der Waals surface area contributed by atoms with Gasteiger partial charge in [0.25, 0.3) is 0 Å². The van der Waals surface area contributed by atoms with Crippen LogP contribution in [-0.4, -0.2) is 24.3 Å². The first kappa shape index (κ1) is 7.50. The SMILES string of the molecule is C[NH+](C)c1ccccc1[Si]. The first-order valence-electron chi connectivity index (χ1n) is 3.33. The highest BCUT2D eigenvalue weighted by molar-refractivity contribution is 6.34. The van der Waals surface area contributed by atoms with Gasteiger partial charge < -0.3 is 4.90 Å². The molecule has 0 bridgehead atoms. The summed E-state index contributed by atoms with van der Waals surface area (Å²) < 4.78 is 0. The Bertz CT molecular complexity index is 220. The minimum Gasteiger partial charge on any atom is -0.307 e. The third kappa shape index (κ3) is 1.46. The Balaban J connectivity index is 3.03. The van der Waals surface area contributed by atoms with Gasteiger partial charge in [-0.1, -0.05) is 18.2 Å². The predicted octanol–water partition coefficient (Wildman–Crippen LogP) is -0.744. The van der Waals surface area contributed by atoms with Crippen LogP contribution in [0.1, 0.15) is 0 Å². The summed E-state index contributed by atoms with van der Waals surface area (Å²) in [5.41, 5.74) is 1.29. The highest BCUT2D eigenvalue weighted by Crippen LogP contribution is 1.92. The van der Waals surface area contributed by atoms with E-state index in [0.717, 1.165) is 0 Å². The van der Waals surface area contributed by atoms with Crippen LogP contribution in [-0.2, 0) is 0 Å². The molecule has 1 rings (SSSR count). The van der Waals surface area contributed by atoms with Gasteiger partial charge in [0, 0.05) is 0 Å². The largest absolute Gasteiger partial charge is 0.307 e. The molecular formula is C8H11NSi+. The maximum Gasteiger partial charge on any atom is 0.129 e. The molecule has 0 aliphatic heterocycles. The molecule has 1 aromatic rings. The molecule has 1 aromatic carbocycles. The van der Waals surface area contributed by atoms with E-state index in [4.69, 9.17) is 0 Å². The Morgan fingerprint density at radius 2 is 1.80 bits per heavy atom. The minimum atomic E-state index is 1.17. The molecule has 0 saturated carbocycles. The van der Waals surface area contributed by atoms with Gasteiger partial charge in [0.05, 0.1) is 24.3 Å². The molecule has 0 amide bonds. The van der Waals surface area contributed by atoms with Crippen molar-refractivity contribution >= 4 is 21.1 Å². The average Bonchev–Trinajstić information content (AvgIpc) is 1.88. The highest BCUT2D eigenvalue weighted by Gasteiger charge is 2.01. The molecule has 0 atom stereocenters. The summed E-state index contributed by atoms with van der Waals surface area (Å²) in [5, 5.41) is 1.17. The first-order valence-corrected chi connectivity index (χ1v) is 3.83. The van der Waals surface area contributed by atoms with Crippen LogP contribution in [0, 0.1) is 0 Å². The third-order valence-corrected chi connectivity index (χ3v) is 1.90. The Morgan fingerprint density at radius 3 is 2.20 bits per heavy atom. The van der Waals surface area contributed by atoms with E-state index >= 15 is 0 Å². The number of hydrogen-bond acceptors (Lipinski definition) is 0. The predicted molar refractivity (Wildman–Crippen MR) is 44.3 cm³/mol. The van der Waals surface area contributed by atoms with Crippen LogP contribution in [0.25, 0.3) is 0 Å². The number of quaternary nitrogens is 1. The second-order valence-corrected chi connectivity index (χ2v) is 3.08. The van der Waals surface area contributed by atoms with Gasteiger partial charge in [0.1, 0.15) is 5.69 Å². The third-order valence-electron chi connectivity index (χ3n) is 1.47. The molecule has 0 fully saturated rings. The number of hydrogen-bond donors (Lipinski definition) is 1. The zero-order chi connectivity index (χ0) is 7.56. The van der Waals surface area contributed by atoms with E-state index < -0.39 is 0 Å². The number of rotatable bonds is 1. The Hall–Kier alpha value is -0.603. The van der Waals surface area contributed by atoms with E-state index in [1.165, 1.54) is 15.8 Å². The second kappa shape index (κ2) is 2.99. The van der Waals surface area contributed by atoms with Crippen LogP contribution in [0.15, 0.2) is 24.3 Å². The number of benzene rings is 1. The fraction of sp³-hybridized carbons (Fsp3) is 0.250. The van der Waals surface area contributed by atoms with Crippen molar-refractivity contribution in [2.24, 2.45) is 0 Å². The molecule has 51 valence electrons. The second-order valence-electron chi connectivity index (χ2n) is 2.55. The lowest BCUT2D eigenvalue weighted by atomic mass is 10.3. The first-order chi connectivity index (χ1) is 4.72. The molecule has 2 heteroatoms. The smallest absolute Gasteiger partial charge is 0.129 e. The van der Waals surface area contributed by atoms with Gasteiger partial charge in [0.2, 0.25) is 0 Å². The van der Waals surface area contributed by atoms with Gasteiger partial charge in [-0.2, -0.15) is 0 Å². The monoisotopic (exact) mass is 149 g/mol. The minimum absolute atomic E-state index is 1.17. The summed E-state index contributed by atoms with van der Waals surface area (Å²) in [7, 11) is 7.75. The van der Waals surface area contributed by atoms with Gasteiger partial charge in [0.15, 0.2) is 0 Å². The van der Waals surface area contributed by atoms with Gasteiger partial charge in [-0.05, 0) is 11.3 Å². The van der Waals surface area contributed by atoms with E-state index in [9.17, 15) is 0 Å². The normalized spacial score (nSPS) is 10.4. The molecule has 3 radical (unpaired) electrons. The zero-order valence-electron chi connectivity index (χ0n) is 6.31. The Labute approximate surface area is 65.1 Å². The molecule has 0 aliphatic rings. The van der Waals surface area contributed by atoms with Gasteiger partial charge >= 0.3 is 0 Å². The maximum atomic E-state index is 3.53. The molecule has 0 saturated heterocycles. The van der Waals surface area contributed by atoms with Crippen LogP contribution >= 0.6 is 0 Å². The summed E-state index contributed by atoms with van der Waals surface area (Å²) in [6.45, 7) is 0. The molecule has 0 aromatic heterocycles. The summed E-state index contributed by atoms with van der Waals surface area (Å²) in [4.78, 5) is 1.34. The van der Waals surface area contributed by atoms with Crippen molar-refractivity contribution < 1.29 is 4.90 Å². The summed E-state index contributed by atoms with van der Waals surface area (Å²) in [6.07, 6.45) is 0. The lowest BCUT2D eigenvalue weighted by Crippen LogP contribution is -3.01. The van der Waals surface area contributed by atoms with Crippen molar-refractivity contribution in [3.8, 4) is 0 Å². The fourth-order valence-electron chi connectivity index (χ4n) is 0.919. The standard InChI is InChI=1S/C8H10NSi/c1-9(2)7-5-3-4-6-8(7)10/h3-6H,1-2H3/p+1. The lowest BCUT2D eigenvalue weighted by Gasteiger charge is -2.08. The average molecular weight is 149 g/mol. The number of nitrogens with one attached hydrogen (secondary N) is 1. The van der Waals surface area contributed by atoms with Crippen LogP contribution in [0.2, 0.25) is 0 Å². The van der Waals surface area contributed by atoms with E-state index in [1.807, 2.05) is 12.1 Å². The molecule has 0 heterocycles. The van der Waals surface area contributed by atoms with E-state index in [0.29, 0.717) is 0 Å². The molecule has 0 aliphatic carbocycles. The van der Waals surface area contributed by atoms with Crippen molar-refractivity contribution in [3.63, 3.8) is 0 Å². The van der Waals surface area contributed by atoms with Gasteiger partial charge in [-0.25, -0.2) is 0 Å². The molecular weight excluding hydrogens is 138 g/mol. The summed E-state index contributed by atoms with van der Waals surface area (Å²) >= 11 is 0. The van der Waals surface area contributed by atoms with E-state index in [2.05, 4.69) is 36.5 Å². The van der Waals surface area contributed by atoms with Gasteiger partial charge in [-0.15, -0.1) is 0 Å². The molecule has 0 spiro atoms. The Kier molecular flexibility index (Phi) is 2.24. The maximum absolute atomic E-state index is 3.53. The van der Waals surface area contributed by atoms with Crippen LogP contribution in [0.5, 0.6) is 0 Å². The molecule has 10 heavy (non-hydrogen) atoms. The lowest BCUT2D eigenvalue weighted by molar-refractivity contribution is -0.785.